The van der Waals surface area contributed by atoms with Crippen LogP contribution in [0.2, 0.25) is 0 Å². The Labute approximate surface area is 142 Å². The van der Waals surface area contributed by atoms with E-state index in [1.165, 1.54) is 0 Å². The van der Waals surface area contributed by atoms with Crippen molar-refractivity contribution in [2.24, 2.45) is 0 Å². The summed E-state index contributed by atoms with van der Waals surface area (Å²) >= 11 is 0. The average Bonchev–Trinajstić information content (AvgIpc) is 2.81. The van der Waals surface area contributed by atoms with Crippen molar-refractivity contribution in [1.29, 1.82) is 0 Å². The van der Waals surface area contributed by atoms with Crippen LogP contribution in [-0.4, -0.2) is 36.4 Å². The van der Waals surface area contributed by atoms with Crippen molar-refractivity contribution in [3.05, 3.63) is 53.7 Å². The fourth-order valence-corrected chi connectivity index (χ4v) is 5.11. The lowest BCUT2D eigenvalue weighted by atomic mass is 10.0. The minimum atomic E-state index is -3.06. The summed E-state index contributed by atoms with van der Waals surface area (Å²) in [6.45, 7) is 3.56. The number of aromatic nitrogens is 1. The number of hydrogen-bond acceptors (Lipinski definition) is 4. The summed E-state index contributed by atoms with van der Waals surface area (Å²) in [6, 6.07) is 13.3. The van der Waals surface area contributed by atoms with Crippen LogP contribution in [0.5, 0.6) is 0 Å². The Morgan fingerprint density at radius 2 is 1.88 bits per heavy atom. The Morgan fingerprint density at radius 1 is 1.17 bits per heavy atom. The van der Waals surface area contributed by atoms with Crippen LogP contribution in [-0.2, 0) is 9.84 Å². The van der Waals surface area contributed by atoms with E-state index in [1.807, 2.05) is 36.4 Å². The highest BCUT2D eigenvalue weighted by Crippen LogP contribution is 2.24. The molecule has 0 spiro atoms. The highest BCUT2D eigenvalue weighted by atomic mass is 32.2. The van der Waals surface area contributed by atoms with Crippen LogP contribution in [0.25, 0.3) is 11.3 Å². The second-order valence-corrected chi connectivity index (χ2v) is 8.74. The van der Waals surface area contributed by atoms with Crippen molar-refractivity contribution in [2.75, 3.05) is 11.5 Å². The van der Waals surface area contributed by atoms with E-state index < -0.39 is 15.4 Å². The molecule has 1 aliphatic rings. The number of nitrogens with one attached hydrogen (secondary N) is 1. The van der Waals surface area contributed by atoms with Gasteiger partial charge in [0.25, 0.3) is 5.91 Å². The highest BCUT2D eigenvalue weighted by molar-refractivity contribution is 7.91. The van der Waals surface area contributed by atoms with Crippen molar-refractivity contribution < 1.29 is 13.2 Å². The molecule has 1 saturated heterocycles. The Bertz CT molecular complexity index is 878. The van der Waals surface area contributed by atoms with Crippen molar-refractivity contribution in [1.82, 2.24) is 10.3 Å². The summed E-state index contributed by atoms with van der Waals surface area (Å²) in [5.74, 6) is -0.173. The third kappa shape index (κ3) is 3.48. The summed E-state index contributed by atoms with van der Waals surface area (Å²) < 4.78 is 23.3. The average molecular weight is 344 g/mol. The number of amides is 1. The van der Waals surface area contributed by atoms with Gasteiger partial charge in [-0.3, -0.25) is 9.78 Å². The molecule has 3 rings (SSSR count). The van der Waals surface area contributed by atoms with Crippen molar-refractivity contribution in [3.63, 3.8) is 0 Å². The molecule has 1 aliphatic heterocycles. The second kappa shape index (κ2) is 6.02. The second-order valence-electron chi connectivity index (χ2n) is 6.55. The Balaban J connectivity index is 1.81. The fraction of sp³-hybridized carbons (Fsp3) is 0.333. The molecule has 0 radical (unpaired) electrons. The third-order valence-corrected chi connectivity index (χ3v) is 6.22. The molecule has 0 bridgehead atoms. The Morgan fingerprint density at radius 3 is 2.46 bits per heavy atom. The zero-order valence-electron chi connectivity index (χ0n) is 13.7. The van der Waals surface area contributed by atoms with Gasteiger partial charge < -0.3 is 5.32 Å². The molecular weight excluding hydrogens is 324 g/mol. The van der Waals surface area contributed by atoms with Gasteiger partial charge in [0.15, 0.2) is 9.84 Å². The number of carbonyl (C=O) groups excluding carboxylic acids is 1. The summed E-state index contributed by atoms with van der Waals surface area (Å²) in [5, 5.41) is 2.87. The Hall–Kier alpha value is -2.21. The number of hydrogen-bond donors (Lipinski definition) is 1. The topological polar surface area (TPSA) is 76.1 Å². The number of nitrogens with zero attached hydrogens (tertiary/aromatic N) is 1. The van der Waals surface area contributed by atoms with Gasteiger partial charge in [-0.25, -0.2) is 8.42 Å². The lowest BCUT2D eigenvalue weighted by Crippen LogP contribution is -2.47. The van der Waals surface area contributed by atoms with Crippen molar-refractivity contribution in [3.8, 4) is 11.3 Å². The summed E-state index contributed by atoms with van der Waals surface area (Å²) in [6.07, 6.45) is 0.440. The van der Waals surface area contributed by atoms with Gasteiger partial charge in [0.2, 0.25) is 0 Å². The molecule has 2 heterocycles. The van der Waals surface area contributed by atoms with Crippen LogP contribution >= 0.6 is 0 Å². The van der Waals surface area contributed by atoms with E-state index in [-0.39, 0.29) is 17.4 Å². The van der Waals surface area contributed by atoms with E-state index in [0.717, 1.165) is 11.3 Å². The minimum absolute atomic E-state index is 0.0136. The first-order chi connectivity index (χ1) is 11.3. The number of carbonyl (C=O) groups is 1. The molecule has 1 fully saturated rings. The number of rotatable bonds is 3. The number of sulfone groups is 1. The van der Waals surface area contributed by atoms with Crippen LogP contribution in [0.15, 0.2) is 42.5 Å². The van der Waals surface area contributed by atoms with Crippen LogP contribution in [0.4, 0.5) is 0 Å². The zero-order chi connectivity index (χ0) is 17.4. The lowest BCUT2D eigenvalue weighted by molar-refractivity contribution is 0.0914. The van der Waals surface area contributed by atoms with Crippen LogP contribution in [0, 0.1) is 6.92 Å². The zero-order valence-corrected chi connectivity index (χ0v) is 14.6. The van der Waals surface area contributed by atoms with E-state index in [1.54, 1.807) is 19.9 Å². The highest BCUT2D eigenvalue weighted by Gasteiger charge is 2.39. The van der Waals surface area contributed by atoms with Gasteiger partial charge in [0.05, 0.1) is 34.0 Å². The SMILES string of the molecule is Cc1nc(-c2ccccc2)ccc1C(=O)NC1(C)CCS(=O)(=O)C1. The number of pyridine rings is 1. The molecule has 2 aromatic rings. The Kier molecular flexibility index (Phi) is 4.17. The third-order valence-electron chi connectivity index (χ3n) is 4.32. The smallest absolute Gasteiger partial charge is 0.253 e. The van der Waals surface area contributed by atoms with Gasteiger partial charge in [-0.15, -0.1) is 0 Å². The van der Waals surface area contributed by atoms with Crippen LogP contribution in [0.1, 0.15) is 29.4 Å². The molecule has 1 aromatic heterocycles. The van der Waals surface area contributed by atoms with E-state index >= 15 is 0 Å². The molecule has 1 amide bonds. The molecule has 1 atom stereocenters. The molecule has 126 valence electrons. The molecule has 1 N–H and O–H groups in total. The molecule has 1 unspecified atom stereocenters. The maximum Gasteiger partial charge on any atom is 0.253 e. The van der Waals surface area contributed by atoms with Crippen LogP contribution in [0.3, 0.4) is 0 Å². The van der Waals surface area contributed by atoms with E-state index in [0.29, 0.717) is 17.7 Å². The molecule has 5 nitrogen and oxygen atoms in total. The van der Waals surface area contributed by atoms with Gasteiger partial charge in [0, 0.05) is 5.56 Å². The van der Waals surface area contributed by atoms with E-state index in [9.17, 15) is 13.2 Å². The molecule has 6 heteroatoms. The standard InChI is InChI=1S/C18H20N2O3S/c1-13-15(8-9-16(19-13)14-6-4-3-5-7-14)17(21)20-18(2)10-11-24(22,23)12-18/h3-9H,10-12H2,1-2H3,(H,20,21). The normalized spacial score (nSPS) is 22.2. The molecule has 24 heavy (non-hydrogen) atoms. The van der Waals surface area contributed by atoms with Gasteiger partial charge in [0.1, 0.15) is 0 Å². The predicted molar refractivity (Wildman–Crippen MR) is 93.6 cm³/mol. The van der Waals surface area contributed by atoms with E-state index in [2.05, 4.69) is 10.3 Å². The van der Waals surface area contributed by atoms with Gasteiger partial charge in [-0.2, -0.15) is 0 Å². The van der Waals surface area contributed by atoms with Gasteiger partial charge >= 0.3 is 0 Å². The molecular formula is C18H20N2O3S. The van der Waals surface area contributed by atoms with Crippen LogP contribution < -0.4 is 5.32 Å². The maximum atomic E-state index is 12.5. The predicted octanol–water partition coefficient (Wildman–Crippen LogP) is 2.36. The van der Waals surface area contributed by atoms with Crippen molar-refractivity contribution in [2.45, 2.75) is 25.8 Å². The van der Waals surface area contributed by atoms with Gasteiger partial charge in [-0.1, -0.05) is 30.3 Å². The number of aryl methyl sites for hydroxylation is 1. The monoisotopic (exact) mass is 344 g/mol. The summed E-state index contributed by atoms with van der Waals surface area (Å²) in [7, 11) is -3.06. The molecule has 0 saturated carbocycles. The first-order valence-electron chi connectivity index (χ1n) is 7.84. The summed E-state index contributed by atoms with van der Waals surface area (Å²) in [5.41, 5.74) is 2.18. The lowest BCUT2D eigenvalue weighted by Gasteiger charge is -2.24. The summed E-state index contributed by atoms with van der Waals surface area (Å²) in [4.78, 5) is 17.1. The minimum Gasteiger partial charge on any atom is -0.346 e. The fourth-order valence-electron chi connectivity index (χ4n) is 3.02. The molecule has 0 aliphatic carbocycles. The van der Waals surface area contributed by atoms with Gasteiger partial charge in [-0.05, 0) is 32.4 Å². The van der Waals surface area contributed by atoms with Crippen molar-refractivity contribution >= 4 is 15.7 Å². The first-order valence-corrected chi connectivity index (χ1v) is 9.66. The molecule has 1 aromatic carbocycles. The first kappa shape index (κ1) is 16.6. The largest absolute Gasteiger partial charge is 0.346 e. The number of benzene rings is 1. The van der Waals surface area contributed by atoms with E-state index in [4.69, 9.17) is 0 Å². The maximum absolute atomic E-state index is 12.5. The quantitative estimate of drug-likeness (QED) is 0.927.